The largest absolute Gasteiger partial charge is 0.468 e. The molecular formula is C12H18N2O4. The summed E-state index contributed by atoms with van der Waals surface area (Å²) in [5, 5.41) is 9.93. The van der Waals surface area contributed by atoms with Crippen LogP contribution in [0.1, 0.15) is 24.5 Å². The summed E-state index contributed by atoms with van der Waals surface area (Å²) in [5.41, 5.74) is 0. The quantitative estimate of drug-likeness (QED) is 0.791. The summed E-state index contributed by atoms with van der Waals surface area (Å²) >= 11 is 0. The molecule has 2 rings (SSSR count). The first kappa shape index (κ1) is 13.0. The van der Waals surface area contributed by atoms with Crippen molar-refractivity contribution in [3.63, 3.8) is 0 Å². The van der Waals surface area contributed by atoms with Gasteiger partial charge in [0.1, 0.15) is 11.8 Å². The molecule has 1 aromatic heterocycles. The van der Waals surface area contributed by atoms with Gasteiger partial charge in [-0.15, -0.1) is 0 Å². The van der Waals surface area contributed by atoms with Gasteiger partial charge < -0.3 is 14.3 Å². The molecule has 1 aliphatic heterocycles. The number of likely N-dealkylation sites (tertiary alicyclic amines) is 1. The van der Waals surface area contributed by atoms with Gasteiger partial charge in [0.2, 0.25) is 5.89 Å². The minimum atomic E-state index is -0.692. The number of carbonyl (C=O) groups is 1. The highest BCUT2D eigenvalue weighted by atomic mass is 16.5. The van der Waals surface area contributed by atoms with Crippen LogP contribution in [-0.4, -0.2) is 46.8 Å². The predicted octanol–water partition coefficient (Wildman–Crippen LogP) is 0.481. The molecule has 100 valence electrons. The minimum Gasteiger partial charge on any atom is -0.468 e. The molecule has 6 nitrogen and oxygen atoms in total. The van der Waals surface area contributed by atoms with Crippen LogP contribution in [-0.2, 0) is 16.1 Å². The van der Waals surface area contributed by atoms with E-state index in [0.29, 0.717) is 18.9 Å². The summed E-state index contributed by atoms with van der Waals surface area (Å²) in [4.78, 5) is 17.7. The first-order valence-corrected chi connectivity index (χ1v) is 6.03. The predicted molar refractivity (Wildman–Crippen MR) is 62.7 cm³/mol. The number of carbonyl (C=O) groups excluding carboxylic acids is 1. The van der Waals surface area contributed by atoms with Gasteiger partial charge in [-0.2, -0.15) is 0 Å². The van der Waals surface area contributed by atoms with Crippen molar-refractivity contribution in [2.24, 2.45) is 0 Å². The van der Waals surface area contributed by atoms with E-state index in [0.717, 1.165) is 18.7 Å². The second kappa shape index (κ2) is 5.49. The number of hydrogen-bond acceptors (Lipinski definition) is 6. The molecule has 0 amide bonds. The van der Waals surface area contributed by atoms with Crippen LogP contribution in [0, 0.1) is 6.92 Å². The number of piperidine rings is 1. The van der Waals surface area contributed by atoms with E-state index in [2.05, 4.69) is 4.98 Å². The highest BCUT2D eigenvalue weighted by Crippen LogP contribution is 2.21. The summed E-state index contributed by atoms with van der Waals surface area (Å²) in [5.74, 6) is 0.873. The average Bonchev–Trinajstić information content (AvgIpc) is 2.74. The molecule has 2 heterocycles. The van der Waals surface area contributed by atoms with E-state index in [1.807, 2.05) is 11.8 Å². The van der Waals surface area contributed by atoms with Crippen LogP contribution in [0.3, 0.4) is 0 Å². The molecule has 1 aliphatic rings. The molecule has 0 aromatic carbocycles. The molecule has 2 atom stereocenters. The zero-order valence-corrected chi connectivity index (χ0v) is 10.6. The van der Waals surface area contributed by atoms with Crippen molar-refractivity contribution < 1.29 is 19.1 Å². The molecular weight excluding hydrogens is 236 g/mol. The Morgan fingerprint density at radius 2 is 2.50 bits per heavy atom. The first-order valence-electron chi connectivity index (χ1n) is 6.03. The van der Waals surface area contributed by atoms with Gasteiger partial charge in [0.05, 0.1) is 26.0 Å². The van der Waals surface area contributed by atoms with Crippen LogP contribution in [0.25, 0.3) is 0 Å². The SMILES string of the molecule is COC(=O)[C@H]1[C@H](O)CCCN1Cc1ncc(C)o1. The number of nitrogens with zero attached hydrogens (tertiary/aromatic N) is 2. The minimum absolute atomic E-state index is 0.407. The summed E-state index contributed by atoms with van der Waals surface area (Å²) in [6.07, 6.45) is 2.40. The lowest BCUT2D eigenvalue weighted by Crippen LogP contribution is -2.52. The number of ether oxygens (including phenoxy) is 1. The standard InChI is InChI=1S/C12H18N2O4/c1-8-6-13-10(18-8)7-14-5-3-4-9(15)11(14)12(16)17-2/h6,9,11,15H,3-5,7H2,1-2H3/t9-,11-/m1/s1. The molecule has 0 spiro atoms. The lowest BCUT2D eigenvalue weighted by molar-refractivity contribution is -0.154. The van der Waals surface area contributed by atoms with E-state index in [1.54, 1.807) is 6.20 Å². The molecule has 0 bridgehead atoms. The number of aromatic nitrogens is 1. The zero-order chi connectivity index (χ0) is 13.1. The smallest absolute Gasteiger partial charge is 0.325 e. The Morgan fingerprint density at radius 1 is 1.72 bits per heavy atom. The van der Waals surface area contributed by atoms with E-state index in [4.69, 9.17) is 9.15 Å². The van der Waals surface area contributed by atoms with Crippen LogP contribution in [0.5, 0.6) is 0 Å². The molecule has 1 saturated heterocycles. The molecule has 1 aromatic rings. The van der Waals surface area contributed by atoms with Crippen molar-refractivity contribution in [1.82, 2.24) is 9.88 Å². The summed E-state index contributed by atoms with van der Waals surface area (Å²) in [7, 11) is 1.33. The second-order valence-electron chi connectivity index (χ2n) is 4.51. The number of hydrogen-bond donors (Lipinski definition) is 1. The van der Waals surface area contributed by atoms with E-state index < -0.39 is 18.1 Å². The van der Waals surface area contributed by atoms with Gasteiger partial charge >= 0.3 is 5.97 Å². The molecule has 1 N–H and O–H groups in total. The number of esters is 1. The van der Waals surface area contributed by atoms with Gasteiger partial charge in [-0.25, -0.2) is 4.98 Å². The number of rotatable bonds is 3. The third kappa shape index (κ3) is 2.70. The van der Waals surface area contributed by atoms with Crippen molar-refractivity contribution >= 4 is 5.97 Å². The Labute approximate surface area is 106 Å². The number of oxazole rings is 1. The molecule has 0 aliphatic carbocycles. The lowest BCUT2D eigenvalue weighted by Gasteiger charge is -2.36. The van der Waals surface area contributed by atoms with Gasteiger partial charge in [0, 0.05) is 0 Å². The Morgan fingerprint density at radius 3 is 3.11 bits per heavy atom. The van der Waals surface area contributed by atoms with Gasteiger partial charge in [-0.05, 0) is 26.3 Å². The lowest BCUT2D eigenvalue weighted by atomic mass is 9.99. The summed E-state index contributed by atoms with van der Waals surface area (Å²) < 4.78 is 10.1. The van der Waals surface area contributed by atoms with Crippen LogP contribution < -0.4 is 0 Å². The third-order valence-electron chi connectivity index (χ3n) is 3.15. The summed E-state index contributed by atoms with van der Waals surface area (Å²) in [6.45, 7) is 2.95. The Kier molecular flexibility index (Phi) is 3.98. The topological polar surface area (TPSA) is 75.8 Å². The Bertz CT molecular complexity index is 418. The summed E-state index contributed by atoms with van der Waals surface area (Å²) in [6, 6.07) is -0.629. The molecule has 6 heteroatoms. The fourth-order valence-corrected chi connectivity index (χ4v) is 2.30. The third-order valence-corrected chi connectivity index (χ3v) is 3.15. The fourth-order valence-electron chi connectivity index (χ4n) is 2.30. The van der Waals surface area contributed by atoms with E-state index in [1.165, 1.54) is 7.11 Å². The zero-order valence-electron chi connectivity index (χ0n) is 10.6. The van der Waals surface area contributed by atoms with Gasteiger partial charge in [-0.1, -0.05) is 0 Å². The number of methoxy groups -OCH3 is 1. The number of aliphatic hydroxyl groups excluding tert-OH is 1. The Hall–Kier alpha value is -1.40. The van der Waals surface area contributed by atoms with Gasteiger partial charge in [0.25, 0.3) is 0 Å². The highest BCUT2D eigenvalue weighted by molar-refractivity contribution is 5.76. The van der Waals surface area contributed by atoms with Crippen LogP contribution in [0.4, 0.5) is 0 Å². The second-order valence-corrected chi connectivity index (χ2v) is 4.51. The molecule has 18 heavy (non-hydrogen) atoms. The maximum absolute atomic E-state index is 11.7. The Balaban J connectivity index is 2.10. The van der Waals surface area contributed by atoms with E-state index >= 15 is 0 Å². The van der Waals surface area contributed by atoms with Gasteiger partial charge in [-0.3, -0.25) is 9.69 Å². The first-order chi connectivity index (χ1) is 8.61. The van der Waals surface area contributed by atoms with Crippen molar-refractivity contribution in [1.29, 1.82) is 0 Å². The van der Waals surface area contributed by atoms with Crippen LogP contribution >= 0.6 is 0 Å². The number of aliphatic hydroxyl groups is 1. The molecule has 1 fully saturated rings. The maximum atomic E-state index is 11.7. The van der Waals surface area contributed by atoms with E-state index in [-0.39, 0.29) is 0 Å². The van der Waals surface area contributed by atoms with Gasteiger partial charge in [0.15, 0.2) is 0 Å². The van der Waals surface area contributed by atoms with Crippen molar-refractivity contribution in [3.05, 3.63) is 17.8 Å². The normalized spacial score (nSPS) is 25.1. The highest BCUT2D eigenvalue weighted by Gasteiger charge is 2.37. The molecule has 0 saturated carbocycles. The number of aryl methyl sites for hydroxylation is 1. The molecule has 0 radical (unpaired) electrons. The maximum Gasteiger partial charge on any atom is 0.325 e. The van der Waals surface area contributed by atoms with Crippen molar-refractivity contribution in [3.8, 4) is 0 Å². The van der Waals surface area contributed by atoms with E-state index in [9.17, 15) is 9.90 Å². The van der Waals surface area contributed by atoms with Crippen molar-refractivity contribution in [2.45, 2.75) is 38.5 Å². The molecule has 0 unspecified atom stereocenters. The monoisotopic (exact) mass is 254 g/mol. The van der Waals surface area contributed by atoms with Crippen LogP contribution in [0.2, 0.25) is 0 Å². The average molecular weight is 254 g/mol. The fraction of sp³-hybridized carbons (Fsp3) is 0.667. The van der Waals surface area contributed by atoms with Crippen LogP contribution in [0.15, 0.2) is 10.6 Å². The van der Waals surface area contributed by atoms with Crippen molar-refractivity contribution in [2.75, 3.05) is 13.7 Å².